The lowest BCUT2D eigenvalue weighted by molar-refractivity contribution is 0.0947. The SMILES string of the molecule is O=C(NCCOc1ccc(Cl)cc1)c1ccc(NS(=O)(=O)c2ccc(F)c(F)c2)cc1. The van der Waals surface area contributed by atoms with Gasteiger partial charge in [0.05, 0.1) is 11.4 Å². The molecule has 0 bridgehead atoms. The predicted octanol–water partition coefficient (Wildman–Crippen LogP) is 4.23. The molecule has 0 aromatic heterocycles. The summed E-state index contributed by atoms with van der Waals surface area (Å²) in [6.45, 7) is 0.505. The Labute approximate surface area is 182 Å². The molecule has 162 valence electrons. The minimum Gasteiger partial charge on any atom is -0.492 e. The first-order chi connectivity index (χ1) is 14.7. The van der Waals surface area contributed by atoms with Gasteiger partial charge < -0.3 is 10.1 Å². The van der Waals surface area contributed by atoms with Crippen LogP contribution in [0.5, 0.6) is 5.75 Å². The highest BCUT2D eigenvalue weighted by Crippen LogP contribution is 2.19. The fourth-order valence-electron chi connectivity index (χ4n) is 2.51. The highest BCUT2D eigenvalue weighted by molar-refractivity contribution is 7.92. The van der Waals surface area contributed by atoms with E-state index >= 15 is 0 Å². The molecule has 3 rings (SSSR count). The third-order valence-electron chi connectivity index (χ3n) is 4.07. The number of carbonyl (C=O) groups excluding carboxylic acids is 1. The van der Waals surface area contributed by atoms with Crippen molar-refractivity contribution in [1.82, 2.24) is 5.32 Å². The number of nitrogens with one attached hydrogen (secondary N) is 2. The van der Waals surface area contributed by atoms with E-state index in [0.717, 1.165) is 12.1 Å². The number of rotatable bonds is 8. The monoisotopic (exact) mass is 466 g/mol. The minimum absolute atomic E-state index is 0.160. The fourth-order valence-corrected chi connectivity index (χ4v) is 3.71. The van der Waals surface area contributed by atoms with Crippen molar-refractivity contribution in [3.63, 3.8) is 0 Å². The zero-order chi connectivity index (χ0) is 22.4. The molecule has 0 aliphatic heterocycles. The van der Waals surface area contributed by atoms with Crippen LogP contribution in [0.15, 0.2) is 71.6 Å². The molecule has 0 spiro atoms. The summed E-state index contributed by atoms with van der Waals surface area (Å²) < 4.78 is 58.6. The van der Waals surface area contributed by atoms with E-state index in [1.807, 2.05) is 0 Å². The largest absolute Gasteiger partial charge is 0.492 e. The third-order valence-corrected chi connectivity index (χ3v) is 5.70. The van der Waals surface area contributed by atoms with Crippen molar-refractivity contribution in [2.24, 2.45) is 0 Å². The van der Waals surface area contributed by atoms with Gasteiger partial charge in [-0.15, -0.1) is 0 Å². The molecule has 0 radical (unpaired) electrons. The van der Waals surface area contributed by atoms with Gasteiger partial charge in [0.2, 0.25) is 0 Å². The van der Waals surface area contributed by atoms with Crippen molar-refractivity contribution in [2.75, 3.05) is 17.9 Å². The van der Waals surface area contributed by atoms with Crippen LogP contribution in [0, 0.1) is 11.6 Å². The summed E-state index contributed by atoms with van der Waals surface area (Å²) in [6.07, 6.45) is 0. The standard InChI is InChI=1S/C21H17ClF2N2O4S/c22-15-3-7-17(8-4-15)30-12-11-25-21(27)14-1-5-16(6-2-14)26-31(28,29)18-9-10-19(23)20(24)13-18/h1-10,13,26H,11-12H2,(H,25,27). The van der Waals surface area contributed by atoms with E-state index in [0.29, 0.717) is 22.4 Å². The van der Waals surface area contributed by atoms with Crippen LogP contribution in [-0.2, 0) is 10.0 Å². The first-order valence-corrected chi connectivity index (χ1v) is 10.9. The Morgan fingerprint density at radius 3 is 2.26 bits per heavy atom. The fraction of sp³-hybridized carbons (Fsp3) is 0.0952. The van der Waals surface area contributed by atoms with Crippen LogP contribution in [0.3, 0.4) is 0 Å². The molecular weight excluding hydrogens is 450 g/mol. The maximum absolute atomic E-state index is 13.3. The summed E-state index contributed by atoms with van der Waals surface area (Å²) >= 11 is 5.79. The molecule has 0 saturated carbocycles. The van der Waals surface area contributed by atoms with Crippen molar-refractivity contribution in [2.45, 2.75) is 4.90 Å². The second kappa shape index (κ2) is 9.76. The third kappa shape index (κ3) is 6.16. The summed E-state index contributed by atoms with van der Waals surface area (Å²) in [7, 11) is -4.11. The van der Waals surface area contributed by atoms with Gasteiger partial charge in [-0.2, -0.15) is 0 Å². The molecule has 0 atom stereocenters. The lowest BCUT2D eigenvalue weighted by Crippen LogP contribution is -2.28. The van der Waals surface area contributed by atoms with Gasteiger partial charge in [0.15, 0.2) is 11.6 Å². The molecule has 10 heteroatoms. The normalized spacial score (nSPS) is 11.1. The lowest BCUT2D eigenvalue weighted by atomic mass is 10.2. The number of halogens is 3. The van der Waals surface area contributed by atoms with E-state index in [4.69, 9.17) is 16.3 Å². The maximum atomic E-state index is 13.3. The van der Waals surface area contributed by atoms with Crippen LogP contribution in [-0.4, -0.2) is 27.5 Å². The Kier molecular flexibility index (Phi) is 7.09. The summed E-state index contributed by atoms with van der Waals surface area (Å²) in [6, 6.07) is 14.7. The van der Waals surface area contributed by atoms with Gasteiger partial charge in [-0.25, -0.2) is 17.2 Å². The Hall–Kier alpha value is -3.17. The van der Waals surface area contributed by atoms with Crippen LogP contribution < -0.4 is 14.8 Å². The van der Waals surface area contributed by atoms with E-state index in [2.05, 4.69) is 10.0 Å². The summed E-state index contributed by atoms with van der Waals surface area (Å²) in [5.74, 6) is -2.16. The average Bonchev–Trinajstić information content (AvgIpc) is 2.74. The summed E-state index contributed by atoms with van der Waals surface area (Å²) in [5.41, 5.74) is 0.467. The van der Waals surface area contributed by atoms with Gasteiger partial charge in [-0.05, 0) is 66.7 Å². The first kappa shape index (κ1) is 22.5. The van der Waals surface area contributed by atoms with Crippen LogP contribution >= 0.6 is 11.6 Å². The van der Waals surface area contributed by atoms with Crippen molar-refractivity contribution < 1.29 is 26.7 Å². The quantitative estimate of drug-likeness (QED) is 0.487. The summed E-state index contributed by atoms with van der Waals surface area (Å²) in [5, 5.41) is 3.27. The Morgan fingerprint density at radius 2 is 1.61 bits per heavy atom. The number of hydrogen-bond donors (Lipinski definition) is 2. The van der Waals surface area contributed by atoms with Crippen molar-refractivity contribution in [1.29, 1.82) is 0 Å². The molecule has 0 saturated heterocycles. The molecule has 0 heterocycles. The van der Waals surface area contributed by atoms with E-state index in [-0.39, 0.29) is 24.7 Å². The zero-order valence-electron chi connectivity index (χ0n) is 15.9. The van der Waals surface area contributed by atoms with Crippen LogP contribution in [0.1, 0.15) is 10.4 Å². The van der Waals surface area contributed by atoms with Crippen LogP contribution in [0.25, 0.3) is 0 Å². The number of anilines is 1. The molecule has 6 nitrogen and oxygen atoms in total. The summed E-state index contributed by atoms with van der Waals surface area (Å²) in [4.78, 5) is 11.8. The van der Waals surface area contributed by atoms with Gasteiger partial charge in [-0.1, -0.05) is 11.6 Å². The Morgan fingerprint density at radius 1 is 0.935 bits per heavy atom. The molecule has 31 heavy (non-hydrogen) atoms. The molecule has 0 fully saturated rings. The number of benzene rings is 3. The van der Waals surface area contributed by atoms with E-state index in [9.17, 15) is 22.0 Å². The predicted molar refractivity (Wildman–Crippen MR) is 113 cm³/mol. The molecule has 0 aliphatic carbocycles. The molecule has 2 N–H and O–H groups in total. The number of sulfonamides is 1. The number of hydrogen-bond acceptors (Lipinski definition) is 4. The second-order valence-corrected chi connectivity index (χ2v) is 8.44. The molecule has 3 aromatic carbocycles. The molecular formula is C21H17ClF2N2O4S. The number of carbonyl (C=O) groups is 1. The van der Waals surface area contributed by atoms with Gasteiger partial charge in [-0.3, -0.25) is 9.52 Å². The minimum atomic E-state index is -4.11. The van der Waals surface area contributed by atoms with E-state index in [1.165, 1.54) is 24.3 Å². The average molecular weight is 467 g/mol. The Balaban J connectivity index is 1.53. The van der Waals surface area contributed by atoms with E-state index in [1.54, 1.807) is 24.3 Å². The van der Waals surface area contributed by atoms with Crippen molar-refractivity contribution in [3.05, 3.63) is 89.0 Å². The number of ether oxygens (including phenoxy) is 1. The molecule has 0 unspecified atom stereocenters. The number of amides is 1. The lowest BCUT2D eigenvalue weighted by Gasteiger charge is -2.10. The van der Waals surface area contributed by atoms with E-state index < -0.39 is 26.6 Å². The topological polar surface area (TPSA) is 84.5 Å². The van der Waals surface area contributed by atoms with Gasteiger partial charge >= 0.3 is 0 Å². The smallest absolute Gasteiger partial charge is 0.261 e. The van der Waals surface area contributed by atoms with Crippen LogP contribution in [0.4, 0.5) is 14.5 Å². The van der Waals surface area contributed by atoms with Gasteiger partial charge in [0.1, 0.15) is 12.4 Å². The molecule has 3 aromatic rings. The Bertz CT molecular complexity index is 1170. The van der Waals surface area contributed by atoms with Crippen LogP contribution in [0.2, 0.25) is 5.02 Å². The molecule has 0 aliphatic rings. The van der Waals surface area contributed by atoms with Crippen molar-refractivity contribution >= 4 is 33.2 Å². The van der Waals surface area contributed by atoms with Gasteiger partial charge in [0, 0.05) is 16.3 Å². The zero-order valence-corrected chi connectivity index (χ0v) is 17.5. The van der Waals surface area contributed by atoms with Gasteiger partial charge in [0.25, 0.3) is 15.9 Å². The maximum Gasteiger partial charge on any atom is 0.261 e. The molecule has 1 amide bonds. The highest BCUT2D eigenvalue weighted by atomic mass is 35.5. The second-order valence-electron chi connectivity index (χ2n) is 6.32. The first-order valence-electron chi connectivity index (χ1n) is 8.99. The van der Waals surface area contributed by atoms with Crippen molar-refractivity contribution in [3.8, 4) is 5.75 Å². The highest BCUT2D eigenvalue weighted by Gasteiger charge is 2.17.